The summed E-state index contributed by atoms with van der Waals surface area (Å²) in [7, 11) is 0. The van der Waals surface area contributed by atoms with Crippen molar-refractivity contribution < 1.29 is 19.1 Å². The number of nitriles is 1. The standard InChI is InChI=1S/C25H21N3O4/c26-17-20(24(29)28-14-12-27(13-15-28)21-4-2-1-3-5-21)16-22-10-11-23(32-22)18-6-8-19(9-7-18)25(30)31/h1-11,16H,12-15H2,(H,30,31)/b20-16+. The summed E-state index contributed by atoms with van der Waals surface area (Å²) >= 11 is 0. The van der Waals surface area contributed by atoms with E-state index in [0.29, 0.717) is 43.3 Å². The van der Waals surface area contributed by atoms with Crippen molar-refractivity contribution in [2.24, 2.45) is 0 Å². The van der Waals surface area contributed by atoms with Crippen LogP contribution in [0, 0.1) is 11.3 Å². The van der Waals surface area contributed by atoms with Crippen LogP contribution in [0.1, 0.15) is 16.1 Å². The molecule has 0 unspecified atom stereocenters. The first-order chi connectivity index (χ1) is 15.5. The molecule has 32 heavy (non-hydrogen) atoms. The molecular weight excluding hydrogens is 406 g/mol. The van der Waals surface area contributed by atoms with Crippen molar-refractivity contribution in [3.63, 3.8) is 0 Å². The molecule has 1 amide bonds. The first kappa shape index (κ1) is 20.9. The van der Waals surface area contributed by atoms with E-state index in [1.165, 1.54) is 18.2 Å². The Bertz CT molecular complexity index is 1180. The van der Waals surface area contributed by atoms with Crippen molar-refractivity contribution in [2.45, 2.75) is 0 Å². The molecule has 160 valence electrons. The van der Waals surface area contributed by atoms with Crippen molar-refractivity contribution in [3.05, 3.63) is 83.6 Å². The molecule has 3 aromatic rings. The van der Waals surface area contributed by atoms with Crippen LogP contribution < -0.4 is 4.90 Å². The van der Waals surface area contributed by atoms with Gasteiger partial charge < -0.3 is 19.3 Å². The summed E-state index contributed by atoms with van der Waals surface area (Å²) in [6, 6.07) is 21.7. The number of amides is 1. The molecule has 1 N–H and O–H groups in total. The number of benzene rings is 2. The number of anilines is 1. The van der Waals surface area contributed by atoms with Crippen LogP contribution in [0.15, 0.2) is 76.7 Å². The van der Waals surface area contributed by atoms with Gasteiger partial charge in [0.25, 0.3) is 5.91 Å². The minimum atomic E-state index is -0.999. The molecule has 0 bridgehead atoms. The number of hydrogen-bond donors (Lipinski definition) is 1. The van der Waals surface area contributed by atoms with Crippen molar-refractivity contribution in [3.8, 4) is 17.4 Å². The zero-order valence-corrected chi connectivity index (χ0v) is 17.3. The zero-order chi connectivity index (χ0) is 22.5. The van der Waals surface area contributed by atoms with Gasteiger partial charge in [-0.1, -0.05) is 30.3 Å². The SMILES string of the molecule is N#C/C(=C\c1ccc(-c2ccc(C(=O)O)cc2)o1)C(=O)N1CCN(c2ccccc2)CC1. The van der Waals surface area contributed by atoms with E-state index in [2.05, 4.69) is 4.90 Å². The fraction of sp³-hybridized carbons (Fsp3) is 0.160. The lowest BCUT2D eigenvalue weighted by molar-refractivity contribution is -0.126. The Morgan fingerprint density at radius 3 is 2.25 bits per heavy atom. The van der Waals surface area contributed by atoms with Gasteiger partial charge in [-0.15, -0.1) is 0 Å². The van der Waals surface area contributed by atoms with E-state index >= 15 is 0 Å². The third-order valence-electron chi connectivity index (χ3n) is 5.37. The Labute approximate surface area is 185 Å². The average Bonchev–Trinajstić information content (AvgIpc) is 3.31. The molecule has 1 saturated heterocycles. The largest absolute Gasteiger partial charge is 0.478 e. The monoisotopic (exact) mass is 427 g/mol. The highest BCUT2D eigenvalue weighted by Crippen LogP contribution is 2.24. The molecule has 0 saturated carbocycles. The Hall–Kier alpha value is -4.31. The average molecular weight is 427 g/mol. The van der Waals surface area contributed by atoms with Crippen molar-refractivity contribution in [1.82, 2.24) is 4.90 Å². The second-order valence-corrected chi connectivity index (χ2v) is 7.37. The minimum absolute atomic E-state index is 0.0142. The van der Waals surface area contributed by atoms with Crippen LogP contribution in [-0.2, 0) is 4.79 Å². The predicted octanol–water partition coefficient (Wildman–Crippen LogP) is 3.90. The summed E-state index contributed by atoms with van der Waals surface area (Å²) in [6.45, 7) is 2.47. The second-order valence-electron chi connectivity index (χ2n) is 7.37. The van der Waals surface area contributed by atoms with Crippen LogP contribution in [0.3, 0.4) is 0 Å². The molecule has 0 atom stereocenters. The highest BCUT2D eigenvalue weighted by molar-refractivity contribution is 6.01. The molecule has 1 aliphatic heterocycles. The van der Waals surface area contributed by atoms with Crippen LogP contribution in [-0.4, -0.2) is 48.1 Å². The summed E-state index contributed by atoms with van der Waals surface area (Å²) in [5.74, 6) is -0.407. The Balaban J connectivity index is 1.44. The van der Waals surface area contributed by atoms with Crippen LogP contribution in [0.25, 0.3) is 17.4 Å². The van der Waals surface area contributed by atoms with E-state index in [0.717, 1.165) is 5.69 Å². The number of nitrogens with zero attached hydrogens (tertiary/aromatic N) is 3. The predicted molar refractivity (Wildman–Crippen MR) is 120 cm³/mol. The lowest BCUT2D eigenvalue weighted by atomic mass is 10.1. The quantitative estimate of drug-likeness (QED) is 0.490. The molecule has 0 aliphatic carbocycles. The highest BCUT2D eigenvalue weighted by atomic mass is 16.4. The van der Waals surface area contributed by atoms with E-state index < -0.39 is 5.97 Å². The van der Waals surface area contributed by atoms with Crippen LogP contribution in [0.5, 0.6) is 0 Å². The van der Waals surface area contributed by atoms with Crippen molar-refractivity contribution in [2.75, 3.05) is 31.1 Å². The molecular formula is C25H21N3O4. The number of para-hydroxylation sites is 1. The van der Waals surface area contributed by atoms with Gasteiger partial charge in [-0.25, -0.2) is 4.79 Å². The van der Waals surface area contributed by atoms with Gasteiger partial charge in [-0.3, -0.25) is 4.79 Å². The summed E-state index contributed by atoms with van der Waals surface area (Å²) in [5.41, 5.74) is 2.03. The second kappa shape index (κ2) is 9.23. The van der Waals surface area contributed by atoms with Gasteiger partial charge >= 0.3 is 5.97 Å². The fourth-order valence-electron chi connectivity index (χ4n) is 3.62. The number of furan rings is 1. The van der Waals surface area contributed by atoms with Gasteiger partial charge in [0.1, 0.15) is 23.2 Å². The highest BCUT2D eigenvalue weighted by Gasteiger charge is 2.24. The molecule has 2 heterocycles. The lowest BCUT2D eigenvalue weighted by Gasteiger charge is -2.36. The summed E-state index contributed by atoms with van der Waals surface area (Å²) < 4.78 is 5.76. The summed E-state index contributed by atoms with van der Waals surface area (Å²) in [6.07, 6.45) is 1.45. The smallest absolute Gasteiger partial charge is 0.335 e. The van der Waals surface area contributed by atoms with E-state index in [9.17, 15) is 14.9 Å². The van der Waals surface area contributed by atoms with Gasteiger partial charge in [-0.2, -0.15) is 5.26 Å². The van der Waals surface area contributed by atoms with Crippen LogP contribution in [0.2, 0.25) is 0 Å². The minimum Gasteiger partial charge on any atom is -0.478 e. The molecule has 4 rings (SSSR count). The molecule has 1 fully saturated rings. The first-order valence-electron chi connectivity index (χ1n) is 10.2. The molecule has 7 heteroatoms. The third-order valence-corrected chi connectivity index (χ3v) is 5.37. The van der Waals surface area contributed by atoms with Gasteiger partial charge in [0.05, 0.1) is 5.56 Å². The Morgan fingerprint density at radius 2 is 1.62 bits per heavy atom. The Kier molecular flexibility index (Phi) is 6.04. The molecule has 0 spiro atoms. The van der Waals surface area contributed by atoms with E-state index in [4.69, 9.17) is 9.52 Å². The number of piperazine rings is 1. The van der Waals surface area contributed by atoms with E-state index in [1.807, 2.05) is 36.4 Å². The molecule has 7 nitrogen and oxygen atoms in total. The van der Waals surface area contributed by atoms with Gasteiger partial charge in [-0.05, 0) is 36.4 Å². The number of hydrogen-bond acceptors (Lipinski definition) is 5. The third kappa shape index (κ3) is 4.55. The number of rotatable bonds is 5. The van der Waals surface area contributed by atoms with Crippen LogP contribution in [0.4, 0.5) is 5.69 Å². The van der Waals surface area contributed by atoms with Gasteiger partial charge in [0, 0.05) is 43.5 Å². The number of aromatic carboxylic acids is 1. The number of carbonyl (C=O) groups is 2. The fourth-order valence-corrected chi connectivity index (χ4v) is 3.62. The zero-order valence-electron chi connectivity index (χ0n) is 17.3. The van der Waals surface area contributed by atoms with E-state index in [-0.39, 0.29) is 17.0 Å². The van der Waals surface area contributed by atoms with Gasteiger partial charge in [0.15, 0.2) is 0 Å². The number of carbonyl (C=O) groups excluding carboxylic acids is 1. The number of carboxylic acids is 1. The molecule has 1 aromatic heterocycles. The normalized spacial score (nSPS) is 14.2. The molecule has 2 aromatic carbocycles. The maximum Gasteiger partial charge on any atom is 0.335 e. The maximum absolute atomic E-state index is 12.9. The van der Waals surface area contributed by atoms with Gasteiger partial charge in [0.2, 0.25) is 0 Å². The Morgan fingerprint density at radius 1 is 0.938 bits per heavy atom. The number of carboxylic acid groups (broad SMARTS) is 1. The summed E-state index contributed by atoms with van der Waals surface area (Å²) in [4.78, 5) is 27.8. The summed E-state index contributed by atoms with van der Waals surface area (Å²) in [5, 5.41) is 18.6. The van der Waals surface area contributed by atoms with Crippen molar-refractivity contribution >= 4 is 23.6 Å². The van der Waals surface area contributed by atoms with Crippen molar-refractivity contribution in [1.29, 1.82) is 5.26 Å². The van der Waals surface area contributed by atoms with Crippen LogP contribution >= 0.6 is 0 Å². The van der Waals surface area contributed by atoms with E-state index in [1.54, 1.807) is 29.2 Å². The lowest BCUT2D eigenvalue weighted by Crippen LogP contribution is -2.49. The first-order valence-corrected chi connectivity index (χ1v) is 10.2. The maximum atomic E-state index is 12.9. The molecule has 0 radical (unpaired) electrons. The topological polar surface area (TPSA) is 97.8 Å². The molecule has 1 aliphatic rings.